The molecule has 2 aromatic heterocycles. The molecular formula is C15H19FN4. The van der Waals surface area contributed by atoms with E-state index in [-0.39, 0.29) is 12.4 Å². The van der Waals surface area contributed by atoms with Crippen molar-refractivity contribution in [2.75, 3.05) is 11.4 Å². The van der Waals surface area contributed by atoms with Gasteiger partial charge in [-0.3, -0.25) is 4.98 Å². The fourth-order valence-corrected chi connectivity index (χ4v) is 2.13. The molecule has 0 aliphatic rings. The zero-order chi connectivity index (χ0) is 14.5. The Morgan fingerprint density at radius 2 is 2.15 bits per heavy atom. The Balaban J connectivity index is 2.28. The van der Waals surface area contributed by atoms with Gasteiger partial charge in [0.1, 0.15) is 11.6 Å². The molecule has 5 heteroatoms. The molecule has 20 heavy (non-hydrogen) atoms. The molecule has 0 atom stereocenters. The number of aromatic nitrogens is 2. The smallest absolute Gasteiger partial charge is 0.141 e. The van der Waals surface area contributed by atoms with Crippen LogP contribution in [0.2, 0.25) is 0 Å². The highest BCUT2D eigenvalue weighted by atomic mass is 19.1. The second kappa shape index (κ2) is 6.43. The molecule has 4 nitrogen and oxygen atoms in total. The summed E-state index contributed by atoms with van der Waals surface area (Å²) in [6.07, 6.45) is 1.22. The van der Waals surface area contributed by atoms with Crippen LogP contribution in [0.4, 0.5) is 10.2 Å². The predicted molar refractivity (Wildman–Crippen MR) is 77.8 cm³/mol. The third-order valence-electron chi connectivity index (χ3n) is 3.11. The highest BCUT2D eigenvalue weighted by molar-refractivity contribution is 5.47. The monoisotopic (exact) mass is 274 g/mol. The van der Waals surface area contributed by atoms with E-state index in [9.17, 15) is 4.39 Å². The Morgan fingerprint density at radius 3 is 2.80 bits per heavy atom. The quantitative estimate of drug-likeness (QED) is 0.909. The van der Waals surface area contributed by atoms with Crippen LogP contribution in [0.1, 0.15) is 23.9 Å². The third-order valence-corrected chi connectivity index (χ3v) is 3.11. The first-order chi connectivity index (χ1) is 9.63. The van der Waals surface area contributed by atoms with Gasteiger partial charge in [0.25, 0.3) is 0 Å². The van der Waals surface area contributed by atoms with E-state index >= 15 is 0 Å². The summed E-state index contributed by atoms with van der Waals surface area (Å²) in [6, 6.07) is 7.35. The zero-order valence-corrected chi connectivity index (χ0v) is 11.8. The van der Waals surface area contributed by atoms with Crippen molar-refractivity contribution in [3.8, 4) is 0 Å². The molecule has 0 radical (unpaired) electrons. The van der Waals surface area contributed by atoms with Crippen LogP contribution in [0.25, 0.3) is 0 Å². The number of aryl methyl sites for hydroxylation is 1. The van der Waals surface area contributed by atoms with Crippen molar-refractivity contribution in [1.82, 2.24) is 9.97 Å². The Labute approximate surface area is 118 Å². The fraction of sp³-hybridized carbons (Fsp3) is 0.333. The lowest BCUT2D eigenvalue weighted by Crippen LogP contribution is -2.25. The van der Waals surface area contributed by atoms with Crippen LogP contribution < -0.4 is 10.6 Å². The summed E-state index contributed by atoms with van der Waals surface area (Å²) in [6.45, 7) is 5.63. The van der Waals surface area contributed by atoms with Gasteiger partial charge in [0, 0.05) is 24.3 Å². The van der Waals surface area contributed by atoms with Crippen molar-refractivity contribution in [2.24, 2.45) is 5.73 Å². The summed E-state index contributed by atoms with van der Waals surface area (Å²) in [4.78, 5) is 10.7. The third kappa shape index (κ3) is 3.30. The topological polar surface area (TPSA) is 55.0 Å². The van der Waals surface area contributed by atoms with Crippen LogP contribution in [0.15, 0.2) is 30.5 Å². The van der Waals surface area contributed by atoms with Crippen LogP contribution in [0, 0.1) is 12.7 Å². The molecule has 2 aromatic rings. The minimum atomic E-state index is -0.362. The number of rotatable bonds is 5. The van der Waals surface area contributed by atoms with E-state index in [0.717, 1.165) is 23.8 Å². The molecular weight excluding hydrogens is 255 g/mol. The fourth-order valence-electron chi connectivity index (χ4n) is 2.13. The Kier molecular flexibility index (Phi) is 4.63. The molecule has 0 amide bonds. The van der Waals surface area contributed by atoms with Gasteiger partial charge in [-0.25, -0.2) is 9.37 Å². The molecule has 0 fully saturated rings. The van der Waals surface area contributed by atoms with E-state index in [0.29, 0.717) is 12.1 Å². The van der Waals surface area contributed by atoms with Crippen LogP contribution in [-0.4, -0.2) is 16.5 Å². The number of pyridine rings is 2. The van der Waals surface area contributed by atoms with Crippen molar-refractivity contribution in [3.63, 3.8) is 0 Å². The molecule has 0 aliphatic heterocycles. The first-order valence-electron chi connectivity index (χ1n) is 6.66. The van der Waals surface area contributed by atoms with E-state index < -0.39 is 0 Å². The number of nitrogens with zero attached hydrogens (tertiary/aromatic N) is 3. The van der Waals surface area contributed by atoms with Gasteiger partial charge in [0.2, 0.25) is 0 Å². The minimum absolute atomic E-state index is 0.262. The first-order valence-corrected chi connectivity index (χ1v) is 6.66. The zero-order valence-electron chi connectivity index (χ0n) is 11.8. The van der Waals surface area contributed by atoms with Crippen LogP contribution in [-0.2, 0) is 13.1 Å². The van der Waals surface area contributed by atoms with E-state index in [1.807, 2.05) is 36.9 Å². The molecule has 2 rings (SSSR count). The van der Waals surface area contributed by atoms with Gasteiger partial charge in [-0.15, -0.1) is 0 Å². The molecule has 0 saturated heterocycles. The Bertz CT molecular complexity index is 586. The Morgan fingerprint density at radius 1 is 1.35 bits per heavy atom. The second-order valence-corrected chi connectivity index (χ2v) is 4.62. The van der Waals surface area contributed by atoms with Crippen LogP contribution >= 0.6 is 0 Å². The van der Waals surface area contributed by atoms with Crippen LogP contribution in [0.3, 0.4) is 0 Å². The number of anilines is 1. The summed E-state index contributed by atoms with van der Waals surface area (Å²) in [5.74, 6) is 0.360. The maximum atomic E-state index is 13.2. The number of halogens is 1. The Hall–Kier alpha value is -2.01. The average Bonchev–Trinajstić information content (AvgIpc) is 2.45. The summed E-state index contributed by atoms with van der Waals surface area (Å²) in [7, 11) is 0. The molecule has 0 aliphatic carbocycles. The lowest BCUT2D eigenvalue weighted by Gasteiger charge is -2.24. The van der Waals surface area contributed by atoms with Crippen molar-refractivity contribution in [2.45, 2.75) is 26.9 Å². The number of hydrogen-bond donors (Lipinski definition) is 1. The van der Waals surface area contributed by atoms with Crippen molar-refractivity contribution >= 4 is 5.82 Å². The first kappa shape index (κ1) is 14.4. The van der Waals surface area contributed by atoms with E-state index in [1.165, 1.54) is 12.3 Å². The van der Waals surface area contributed by atoms with Gasteiger partial charge in [0.05, 0.1) is 18.4 Å². The summed E-state index contributed by atoms with van der Waals surface area (Å²) >= 11 is 0. The molecule has 2 N–H and O–H groups in total. The molecule has 0 bridgehead atoms. The predicted octanol–water partition coefficient (Wildman–Crippen LogP) is 2.41. The van der Waals surface area contributed by atoms with Crippen LogP contribution in [0.5, 0.6) is 0 Å². The molecule has 106 valence electrons. The van der Waals surface area contributed by atoms with Crippen molar-refractivity contribution in [1.29, 1.82) is 0 Å². The van der Waals surface area contributed by atoms with E-state index in [1.54, 1.807) is 0 Å². The molecule has 0 aromatic carbocycles. The normalized spacial score (nSPS) is 10.6. The molecule has 0 saturated carbocycles. The van der Waals surface area contributed by atoms with Gasteiger partial charge in [0.15, 0.2) is 0 Å². The number of nitrogens with two attached hydrogens (primary N) is 1. The summed E-state index contributed by atoms with van der Waals surface area (Å²) in [5, 5.41) is 0. The van der Waals surface area contributed by atoms with Gasteiger partial charge in [-0.2, -0.15) is 0 Å². The SMILES string of the molecule is CCN(Cc1cccc(C)n1)c1ncc(F)cc1CN. The van der Waals surface area contributed by atoms with Gasteiger partial charge < -0.3 is 10.6 Å². The number of hydrogen-bond acceptors (Lipinski definition) is 4. The summed E-state index contributed by atoms with van der Waals surface area (Å²) in [5.41, 5.74) is 8.32. The molecule has 0 unspecified atom stereocenters. The largest absolute Gasteiger partial charge is 0.351 e. The van der Waals surface area contributed by atoms with Crippen molar-refractivity contribution in [3.05, 3.63) is 53.2 Å². The maximum absolute atomic E-state index is 13.2. The minimum Gasteiger partial charge on any atom is -0.351 e. The lowest BCUT2D eigenvalue weighted by molar-refractivity contribution is 0.616. The second-order valence-electron chi connectivity index (χ2n) is 4.62. The van der Waals surface area contributed by atoms with Gasteiger partial charge >= 0.3 is 0 Å². The average molecular weight is 274 g/mol. The molecule has 2 heterocycles. The van der Waals surface area contributed by atoms with Gasteiger partial charge in [-0.05, 0) is 32.0 Å². The van der Waals surface area contributed by atoms with Gasteiger partial charge in [-0.1, -0.05) is 6.07 Å². The van der Waals surface area contributed by atoms with Crippen molar-refractivity contribution < 1.29 is 4.39 Å². The molecule has 0 spiro atoms. The highest BCUT2D eigenvalue weighted by Crippen LogP contribution is 2.19. The highest BCUT2D eigenvalue weighted by Gasteiger charge is 2.13. The van der Waals surface area contributed by atoms with E-state index in [2.05, 4.69) is 9.97 Å². The standard InChI is InChI=1S/C15H19FN4/c1-3-20(10-14-6-4-5-11(2)19-14)15-12(8-17)7-13(16)9-18-15/h4-7,9H,3,8,10,17H2,1-2H3. The lowest BCUT2D eigenvalue weighted by atomic mass is 10.2. The van der Waals surface area contributed by atoms with E-state index in [4.69, 9.17) is 5.73 Å². The maximum Gasteiger partial charge on any atom is 0.141 e. The summed E-state index contributed by atoms with van der Waals surface area (Å²) < 4.78 is 13.2.